The van der Waals surface area contributed by atoms with Crippen LogP contribution < -0.4 is 0 Å². The summed E-state index contributed by atoms with van der Waals surface area (Å²) in [5.74, 6) is 0.998. The molecule has 0 amide bonds. The van der Waals surface area contributed by atoms with Crippen molar-refractivity contribution in [2.75, 3.05) is 0 Å². The van der Waals surface area contributed by atoms with Gasteiger partial charge < -0.3 is 0 Å². The summed E-state index contributed by atoms with van der Waals surface area (Å²) in [7, 11) is 0. The van der Waals surface area contributed by atoms with Crippen molar-refractivity contribution in [3.05, 3.63) is 35.1 Å². The van der Waals surface area contributed by atoms with Crippen molar-refractivity contribution >= 4 is 0 Å². The monoisotopic (exact) mass is 301 g/mol. The minimum Gasteiger partial charge on any atom is -0.206 e. The third-order valence-corrected chi connectivity index (χ3v) is 5.15. The molecule has 0 spiro atoms. The lowest BCUT2D eigenvalue weighted by atomic mass is 9.77. The molecule has 1 aromatic carbocycles. The Morgan fingerprint density at radius 3 is 2.45 bits per heavy atom. The molecule has 1 aromatic rings. The number of nitriles is 1. The smallest absolute Gasteiger partial charge is 0.141 e. The third-order valence-electron chi connectivity index (χ3n) is 5.15. The van der Waals surface area contributed by atoms with E-state index in [9.17, 15) is 4.39 Å². The van der Waals surface area contributed by atoms with Crippen molar-refractivity contribution in [1.82, 2.24) is 0 Å². The second-order valence-corrected chi connectivity index (χ2v) is 6.77. The van der Waals surface area contributed by atoms with Crippen molar-refractivity contribution in [1.29, 1.82) is 5.26 Å². The first-order valence-electron chi connectivity index (χ1n) is 8.94. The van der Waals surface area contributed by atoms with E-state index in [-0.39, 0.29) is 11.4 Å². The second-order valence-electron chi connectivity index (χ2n) is 6.77. The Morgan fingerprint density at radius 1 is 1.09 bits per heavy atom. The van der Waals surface area contributed by atoms with Gasteiger partial charge in [0.15, 0.2) is 0 Å². The number of rotatable bonds is 7. The molecule has 0 atom stereocenters. The third kappa shape index (κ3) is 4.83. The van der Waals surface area contributed by atoms with Crippen molar-refractivity contribution in [2.24, 2.45) is 5.92 Å². The number of nitrogens with zero attached hydrogens (tertiary/aromatic N) is 1. The second kappa shape index (κ2) is 8.93. The van der Waals surface area contributed by atoms with Gasteiger partial charge in [0.25, 0.3) is 0 Å². The van der Waals surface area contributed by atoms with Crippen LogP contribution in [0.3, 0.4) is 0 Å². The van der Waals surface area contributed by atoms with Gasteiger partial charge in [0.2, 0.25) is 0 Å². The first-order valence-corrected chi connectivity index (χ1v) is 8.94. The summed E-state index contributed by atoms with van der Waals surface area (Å²) in [6.45, 7) is 2.26. The molecular weight excluding hydrogens is 273 g/mol. The van der Waals surface area contributed by atoms with Gasteiger partial charge in [-0.15, -0.1) is 0 Å². The van der Waals surface area contributed by atoms with Crippen LogP contribution in [-0.4, -0.2) is 0 Å². The Balaban J connectivity index is 1.75. The molecule has 1 nitrogen and oxygen atoms in total. The zero-order valence-corrected chi connectivity index (χ0v) is 13.8. The van der Waals surface area contributed by atoms with Gasteiger partial charge in [-0.2, -0.15) is 5.26 Å². The van der Waals surface area contributed by atoms with Crippen LogP contribution in [0.15, 0.2) is 18.2 Å². The molecule has 1 aliphatic carbocycles. The first-order chi connectivity index (χ1) is 10.7. The quantitative estimate of drug-likeness (QED) is 0.540. The van der Waals surface area contributed by atoms with E-state index in [0.717, 1.165) is 11.5 Å². The number of unbranched alkanes of at least 4 members (excludes halogenated alkanes) is 4. The topological polar surface area (TPSA) is 23.8 Å². The van der Waals surface area contributed by atoms with E-state index >= 15 is 0 Å². The van der Waals surface area contributed by atoms with Crippen LogP contribution in [0, 0.1) is 23.1 Å². The van der Waals surface area contributed by atoms with Gasteiger partial charge in [-0.3, -0.25) is 0 Å². The van der Waals surface area contributed by atoms with Gasteiger partial charge in [-0.25, -0.2) is 4.39 Å². The van der Waals surface area contributed by atoms with Gasteiger partial charge >= 0.3 is 0 Å². The lowest BCUT2D eigenvalue weighted by Gasteiger charge is -2.29. The Bertz CT molecular complexity index is 495. The van der Waals surface area contributed by atoms with Gasteiger partial charge in [-0.05, 0) is 55.2 Å². The lowest BCUT2D eigenvalue weighted by Crippen LogP contribution is -2.13. The highest BCUT2D eigenvalue weighted by Gasteiger charge is 2.22. The highest BCUT2D eigenvalue weighted by atomic mass is 19.1. The van der Waals surface area contributed by atoms with Gasteiger partial charge in [0, 0.05) is 0 Å². The summed E-state index contributed by atoms with van der Waals surface area (Å²) in [6.07, 6.45) is 13.1. The molecule has 22 heavy (non-hydrogen) atoms. The highest BCUT2D eigenvalue weighted by molar-refractivity contribution is 5.34. The van der Waals surface area contributed by atoms with E-state index in [1.807, 2.05) is 12.1 Å². The van der Waals surface area contributed by atoms with E-state index in [1.165, 1.54) is 64.2 Å². The maximum atomic E-state index is 13.7. The SMILES string of the molecule is CCCCCCC[C@H]1CC[C@H](c2ccc(C#N)c(F)c2)CC1. The molecule has 0 N–H and O–H groups in total. The molecule has 120 valence electrons. The maximum absolute atomic E-state index is 13.7. The lowest BCUT2D eigenvalue weighted by molar-refractivity contribution is 0.301. The van der Waals surface area contributed by atoms with Gasteiger partial charge in [-0.1, -0.05) is 51.5 Å². The van der Waals surface area contributed by atoms with Crippen molar-refractivity contribution in [3.8, 4) is 6.07 Å². The number of benzene rings is 1. The van der Waals surface area contributed by atoms with E-state index in [1.54, 1.807) is 12.1 Å². The van der Waals surface area contributed by atoms with E-state index in [4.69, 9.17) is 5.26 Å². The summed E-state index contributed by atoms with van der Waals surface area (Å²) in [4.78, 5) is 0. The van der Waals surface area contributed by atoms with Crippen LogP contribution in [0.25, 0.3) is 0 Å². The summed E-state index contributed by atoms with van der Waals surface area (Å²) in [5, 5.41) is 8.80. The fourth-order valence-corrected chi connectivity index (χ4v) is 3.70. The number of hydrogen-bond acceptors (Lipinski definition) is 1. The molecule has 0 bridgehead atoms. The van der Waals surface area contributed by atoms with Crippen molar-refractivity contribution in [3.63, 3.8) is 0 Å². The molecule has 0 saturated heterocycles. The van der Waals surface area contributed by atoms with Crippen LogP contribution >= 0.6 is 0 Å². The normalized spacial score (nSPS) is 21.5. The molecule has 0 aliphatic heterocycles. The summed E-state index contributed by atoms with van der Waals surface area (Å²) in [5.41, 5.74) is 1.24. The zero-order chi connectivity index (χ0) is 15.8. The summed E-state index contributed by atoms with van der Waals surface area (Å²) < 4.78 is 13.7. The fraction of sp³-hybridized carbons (Fsp3) is 0.650. The average Bonchev–Trinajstić information content (AvgIpc) is 2.55. The Hall–Kier alpha value is -1.36. The molecular formula is C20H28FN. The molecule has 1 aliphatic rings. The standard InChI is InChI=1S/C20H28FN/c1-2-3-4-5-6-7-16-8-10-17(11-9-16)18-12-13-19(15-22)20(21)14-18/h12-14,16-17H,2-11H2,1H3/t16-,17-. The predicted octanol–water partition coefficient (Wildman–Crippen LogP) is 6.33. The molecule has 1 fully saturated rings. The largest absolute Gasteiger partial charge is 0.206 e. The first kappa shape index (κ1) is 17.0. The van der Waals surface area contributed by atoms with E-state index in [0.29, 0.717) is 5.92 Å². The van der Waals surface area contributed by atoms with Crippen LogP contribution in [0.4, 0.5) is 4.39 Å². The number of halogens is 1. The minimum atomic E-state index is -0.363. The van der Waals surface area contributed by atoms with Crippen LogP contribution in [-0.2, 0) is 0 Å². The molecule has 0 aromatic heterocycles. The molecule has 0 radical (unpaired) electrons. The van der Waals surface area contributed by atoms with Crippen LogP contribution in [0.1, 0.15) is 88.2 Å². The van der Waals surface area contributed by atoms with Gasteiger partial charge in [0.1, 0.15) is 11.9 Å². The predicted molar refractivity (Wildman–Crippen MR) is 89.2 cm³/mol. The molecule has 2 rings (SSSR count). The van der Waals surface area contributed by atoms with E-state index < -0.39 is 0 Å². The molecule has 2 heteroatoms. The van der Waals surface area contributed by atoms with E-state index in [2.05, 4.69) is 6.92 Å². The molecule has 0 unspecified atom stereocenters. The van der Waals surface area contributed by atoms with Crippen LogP contribution in [0.2, 0.25) is 0 Å². The summed E-state index contributed by atoms with van der Waals surface area (Å²) in [6, 6.07) is 7.04. The number of hydrogen-bond donors (Lipinski definition) is 0. The maximum Gasteiger partial charge on any atom is 0.141 e. The molecule has 0 heterocycles. The Morgan fingerprint density at radius 2 is 1.82 bits per heavy atom. The van der Waals surface area contributed by atoms with Crippen LogP contribution in [0.5, 0.6) is 0 Å². The highest BCUT2D eigenvalue weighted by Crippen LogP contribution is 2.38. The Kier molecular flexibility index (Phi) is 6.90. The summed E-state index contributed by atoms with van der Waals surface area (Å²) >= 11 is 0. The van der Waals surface area contributed by atoms with Gasteiger partial charge in [0.05, 0.1) is 5.56 Å². The average molecular weight is 301 g/mol. The molecule has 1 saturated carbocycles. The minimum absolute atomic E-state index is 0.157. The van der Waals surface area contributed by atoms with Crippen molar-refractivity contribution < 1.29 is 4.39 Å². The fourth-order valence-electron chi connectivity index (χ4n) is 3.70. The Labute approximate surface area is 134 Å². The van der Waals surface area contributed by atoms with Crippen molar-refractivity contribution in [2.45, 2.75) is 77.0 Å². The zero-order valence-electron chi connectivity index (χ0n) is 13.8.